The molecule has 0 aliphatic carbocycles. The van der Waals surface area contributed by atoms with Gasteiger partial charge in [0.1, 0.15) is 0 Å². The van der Waals surface area contributed by atoms with Crippen LogP contribution in [0, 0.1) is 0 Å². The number of benzene rings is 2. The van der Waals surface area contributed by atoms with Crippen molar-refractivity contribution in [2.75, 3.05) is 0 Å². The molecular formula is C15H7Cl2N5. The van der Waals surface area contributed by atoms with Crippen LogP contribution in [0.3, 0.4) is 0 Å². The molecule has 0 saturated heterocycles. The van der Waals surface area contributed by atoms with Crippen molar-refractivity contribution in [1.29, 1.82) is 0 Å². The van der Waals surface area contributed by atoms with Crippen LogP contribution in [0.15, 0.2) is 42.5 Å². The van der Waals surface area contributed by atoms with Crippen molar-refractivity contribution in [3.63, 3.8) is 0 Å². The lowest BCUT2D eigenvalue weighted by Crippen LogP contribution is -1.99. The van der Waals surface area contributed by atoms with Crippen molar-refractivity contribution in [2.24, 2.45) is 0 Å². The smallest absolute Gasteiger partial charge is 0.220 e. The Labute approximate surface area is 135 Å². The van der Waals surface area contributed by atoms with Gasteiger partial charge in [-0.3, -0.25) is 0 Å². The molecule has 0 atom stereocenters. The van der Waals surface area contributed by atoms with Gasteiger partial charge in [0.05, 0.1) is 26.6 Å². The molecule has 22 heavy (non-hydrogen) atoms. The molecule has 0 spiro atoms. The van der Waals surface area contributed by atoms with Crippen LogP contribution in [0.4, 0.5) is 0 Å². The zero-order valence-corrected chi connectivity index (χ0v) is 12.5. The minimum atomic E-state index is 0.327. The summed E-state index contributed by atoms with van der Waals surface area (Å²) in [7, 11) is 0. The summed E-state index contributed by atoms with van der Waals surface area (Å²) in [6, 6.07) is 12.7. The summed E-state index contributed by atoms with van der Waals surface area (Å²) in [5, 5.41) is 9.08. The first-order valence-electron chi connectivity index (χ1n) is 6.44. The standard InChI is InChI=1S/C15H7Cl2N5/c16-8-4-3-5-9(17)12(8)13-20-14-15(22-21-13)19-11-7-2-1-6-10(11)18-14/h1-7H. The van der Waals surface area contributed by atoms with E-state index in [1.165, 1.54) is 0 Å². The monoisotopic (exact) mass is 327 g/mol. The molecular weight excluding hydrogens is 321 g/mol. The van der Waals surface area contributed by atoms with Gasteiger partial charge in [0.2, 0.25) is 11.3 Å². The van der Waals surface area contributed by atoms with Gasteiger partial charge in [-0.05, 0) is 24.3 Å². The Morgan fingerprint density at radius 2 is 1.27 bits per heavy atom. The number of hydrogen-bond donors (Lipinski definition) is 0. The second kappa shape index (κ2) is 5.12. The SMILES string of the molecule is Clc1cccc(Cl)c1-c1nnc2nc3ccccc3nc2n1. The van der Waals surface area contributed by atoms with Gasteiger partial charge in [0.15, 0.2) is 5.82 Å². The molecule has 2 aromatic carbocycles. The van der Waals surface area contributed by atoms with E-state index in [1.807, 2.05) is 24.3 Å². The molecule has 2 aromatic heterocycles. The van der Waals surface area contributed by atoms with Crippen molar-refractivity contribution in [3.8, 4) is 11.4 Å². The zero-order chi connectivity index (χ0) is 15.1. The highest BCUT2D eigenvalue weighted by atomic mass is 35.5. The van der Waals surface area contributed by atoms with Gasteiger partial charge in [-0.2, -0.15) is 0 Å². The van der Waals surface area contributed by atoms with E-state index in [1.54, 1.807) is 18.2 Å². The Morgan fingerprint density at radius 1 is 0.636 bits per heavy atom. The van der Waals surface area contributed by atoms with Gasteiger partial charge in [-0.1, -0.05) is 41.4 Å². The number of hydrogen-bond acceptors (Lipinski definition) is 5. The highest BCUT2D eigenvalue weighted by Gasteiger charge is 2.14. The quantitative estimate of drug-likeness (QED) is 0.495. The Hall–Kier alpha value is -2.37. The summed E-state index contributed by atoms with van der Waals surface area (Å²) in [4.78, 5) is 13.3. The Morgan fingerprint density at radius 3 is 1.95 bits per heavy atom. The third kappa shape index (κ3) is 2.15. The van der Waals surface area contributed by atoms with E-state index in [9.17, 15) is 0 Å². The summed E-state index contributed by atoms with van der Waals surface area (Å²) >= 11 is 12.4. The lowest BCUT2D eigenvalue weighted by atomic mass is 10.2. The highest BCUT2D eigenvalue weighted by Crippen LogP contribution is 2.32. The predicted octanol–water partition coefficient (Wildman–Crippen LogP) is 3.94. The maximum absolute atomic E-state index is 6.18. The fourth-order valence-corrected chi connectivity index (χ4v) is 2.72. The van der Waals surface area contributed by atoms with E-state index in [0.29, 0.717) is 32.7 Å². The maximum atomic E-state index is 6.18. The van der Waals surface area contributed by atoms with E-state index in [0.717, 1.165) is 11.0 Å². The summed E-state index contributed by atoms with van der Waals surface area (Å²) in [5.74, 6) is 0.327. The zero-order valence-electron chi connectivity index (χ0n) is 11.0. The van der Waals surface area contributed by atoms with Crippen LogP contribution in [0.5, 0.6) is 0 Å². The lowest BCUT2D eigenvalue weighted by Gasteiger charge is -2.05. The molecule has 0 unspecified atom stereocenters. The minimum absolute atomic E-state index is 0.327. The fraction of sp³-hybridized carbons (Fsp3) is 0. The van der Waals surface area contributed by atoms with Gasteiger partial charge < -0.3 is 0 Å². The third-order valence-electron chi connectivity index (χ3n) is 3.17. The van der Waals surface area contributed by atoms with Gasteiger partial charge >= 0.3 is 0 Å². The molecule has 0 aliphatic rings. The molecule has 0 bridgehead atoms. The number of halogens is 2. The van der Waals surface area contributed by atoms with Gasteiger partial charge in [0.25, 0.3) is 0 Å². The number of aromatic nitrogens is 5. The Balaban J connectivity index is 1.99. The molecule has 4 aromatic rings. The maximum Gasteiger partial charge on any atom is 0.220 e. The molecule has 0 radical (unpaired) electrons. The van der Waals surface area contributed by atoms with E-state index < -0.39 is 0 Å². The third-order valence-corrected chi connectivity index (χ3v) is 3.80. The second-order valence-electron chi connectivity index (χ2n) is 4.59. The summed E-state index contributed by atoms with van der Waals surface area (Å²) in [5.41, 5.74) is 2.81. The summed E-state index contributed by atoms with van der Waals surface area (Å²) in [6.07, 6.45) is 0. The second-order valence-corrected chi connectivity index (χ2v) is 5.41. The largest absolute Gasteiger partial charge is 0.223 e. The van der Waals surface area contributed by atoms with Crippen molar-refractivity contribution >= 4 is 45.5 Å². The van der Waals surface area contributed by atoms with Crippen LogP contribution < -0.4 is 0 Å². The fourth-order valence-electron chi connectivity index (χ4n) is 2.16. The van der Waals surface area contributed by atoms with E-state index in [4.69, 9.17) is 23.2 Å². The van der Waals surface area contributed by atoms with Gasteiger partial charge in [-0.25, -0.2) is 15.0 Å². The van der Waals surface area contributed by atoms with Crippen LogP contribution in [-0.4, -0.2) is 25.1 Å². The first kappa shape index (κ1) is 13.3. The molecule has 7 heteroatoms. The van der Waals surface area contributed by atoms with Crippen molar-refractivity contribution in [2.45, 2.75) is 0 Å². The molecule has 106 valence electrons. The van der Waals surface area contributed by atoms with Crippen LogP contribution in [0.1, 0.15) is 0 Å². The molecule has 5 nitrogen and oxygen atoms in total. The average molecular weight is 328 g/mol. The topological polar surface area (TPSA) is 64.5 Å². The molecule has 0 fully saturated rings. The van der Waals surface area contributed by atoms with Crippen LogP contribution in [0.25, 0.3) is 33.7 Å². The lowest BCUT2D eigenvalue weighted by molar-refractivity contribution is 1.00. The first-order chi connectivity index (χ1) is 10.7. The van der Waals surface area contributed by atoms with Crippen molar-refractivity contribution in [1.82, 2.24) is 25.1 Å². The predicted molar refractivity (Wildman–Crippen MR) is 85.9 cm³/mol. The Kier molecular flexibility index (Phi) is 3.10. The van der Waals surface area contributed by atoms with Crippen LogP contribution >= 0.6 is 23.2 Å². The number of rotatable bonds is 1. The molecule has 0 saturated carbocycles. The molecule has 2 heterocycles. The summed E-state index contributed by atoms with van der Waals surface area (Å²) in [6.45, 7) is 0. The van der Waals surface area contributed by atoms with Gasteiger partial charge in [0, 0.05) is 0 Å². The molecule has 0 amide bonds. The molecule has 0 N–H and O–H groups in total. The average Bonchev–Trinajstić information content (AvgIpc) is 2.52. The van der Waals surface area contributed by atoms with Crippen LogP contribution in [-0.2, 0) is 0 Å². The molecule has 0 aliphatic heterocycles. The number of para-hydroxylation sites is 2. The Bertz CT molecular complexity index is 999. The summed E-state index contributed by atoms with van der Waals surface area (Å²) < 4.78 is 0. The minimum Gasteiger partial charge on any atom is -0.223 e. The number of nitrogens with zero attached hydrogens (tertiary/aromatic N) is 5. The van der Waals surface area contributed by atoms with E-state index in [2.05, 4.69) is 25.1 Å². The highest BCUT2D eigenvalue weighted by molar-refractivity contribution is 6.38. The van der Waals surface area contributed by atoms with E-state index in [-0.39, 0.29) is 0 Å². The van der Waals surface area contributed by atoms with E-state index >= 15 is 0 Å². The van der Waals surface area contributed by atoms with Gasteiger partial charge in [-0.15, -0.1) is 10.2 Å². The van der Waals surface area contributed by atoms with Crippen LogP contribution in [0.2, 0.25) is 10.0 Å². The normalized spacial score (nSPS) is 11.2. The van der Waals surface area contributed by atoms with Crippen molar-refractivity contribution in [3.05, 3.63) is 52.5 Å². The molecule has 4 rings (SSSR count). The first-order valence-corrected chi connectivity index (χ1v) is 7.19. The number of fused-ring (bicyclic) bond motifs is 2. The van der Waals surface area contributed by atoms with Crippen molar-refractivity contribution < 1.29 is 0 Å².